The average Bonchev–Trinajstić information content (AvgIpc) is 1.63. The minimum absolute atomic E-state index is 1.03. The molecule has 0 saturated carbocycles. The average molecular weight is 195 g/mol. The van der Waals surface area contributed by atoms with Crippen LogP contribution in [0.5, 0.6) is 0 Å². The fourth-order valence-corrected chi connectivity index (χ4v) is 1.30. The van der Waals surface area contributed by atoms with Crippen LogP contribution in [-0.4, -0.2) is 49.5 Å². The third-order valence-electron chi connectivity index (χ3n) is 0.991. The van der Waals surface area contributed by atoms with Crippen LogP contribution in [0.25, 0.3) is 0 Å². The van der Waals surface area contributed by atoms with E-state index in [2.05, 4.69) is 46.9 Å². The van der Waals surface area contributed by atoms with Crippen LogP contribution < -0.4 is 0 Å². The third kappa shape index (κ3) is 6.28. The first-order valence-corrected chi connectivity index (χ1v) is 4.18. The number of hydrogen-bond acceptors (Lipinski definition) is 2. The molecule has 0 radical (unpaired) electrons. The molecule has 0 spiro atoms. The van der Waals surface area contributed by atoms with Gasteiger partial charge in [-0.1, -0.05) is 15.9 Å². The minimum atomic E-state index is 1.03. The molecule has 0 rings (SSSR count). The van der Waals surface area contributed by atoms with Crippen molar-refractivity contribution in [1.82, 2.24) is 9.80 Å². The summed E-state index contributed by atoms with van der Waals surface area (Å²) in [5.41, 5.74) is 0. The van der Waals surface area contributed by atoms with Crippen LogP contribution >= 0.6 is 15.9 Å². The van der Waals surface area contributed by atoms with Crippen LogP contribution in [0.15, 0.2) is 0 Å². The first-order chi connectivity index (χ1) is 4.16. The maximum atomic E-state index is 3.38. The summed E-state index contributed by atoms with van der Waals surface area (Å²) >= 11 is 3.38. The lowest BCUT2D eigenvalue weighted by Crippen LogP contribution is -2.31. The lowest BCUT2D eigenvalue weighted by Gasteiger charge is -2.19. The highest BCUT2D eigenvalue weighted by molar-refractivity contribution is 9.09. The van der Waals surface area contributed by atoms with E-state index in [1.54, 1.807) is 0 Å². The lowest BCUT2D eigenvalue weighted by molar-refractivity contribution is 0.221. The Morgan fingerprint density at radius 3 is 2.11 bits per heavy atom. The third-order valence-corrected chi connectivity index (χ3v) is 1.35. The van der Waals surface area contributed by atoms with Crippen molar-refractivity contribution in [1.29, 1.82) is 0 Å². The van der Waals surface area contributed by atoms with E-state index in [0.717, 1.165) is 18.5 Å². The first-order valence-electron chi connectivity index (χ1n) is 3.06. The Labute approximate surface area is 66.0 Å². The van der Waals surface area contributed by atoms with Crippen LogP contribution in [0.2, 0.25) is 0 Å². The van der Waals surface area contributed by atoms with Crippen LogP contribution in [-0.2, 0) is 0 Å². The molecule has 0 unspecified atom stereocenters. The molecule has 0 aliphatic heterocycles. The van der Waals surface area contributed by atoms with E-state index < -0.39 is 0 Å². The summed E-state index contributed by atoms with van der Waals surface area (Å²) in [7, 11) is 6.26. The molecule has 0 heterocycles. The van der Waals surface area contributed by atoms with Gasteiger partial charge >= 0.3 is 0 Å². The van der Waals surface area contributed by atoms with Gasteiger partial charge in [0.15, 0.2) is 0 Å². The van der Waals surface area contributed by atoms with Crippen molar-refractivity contribution < 1.29 is 0 Å². The minimum Gasteiger partial charge on any atom is -0.297 e. The molecule has 3 heteroatoms. The number of alkyl halides is 1. The Morgan fingerprint density at radius 2 is 1.78 bits per heavy atom. The highest BCUT2D eigenvalue weighted by Crippen LogP contribution is 1.86. The van der Waals surface area contributed by atoms with E-state index in [9.17, 15) is 0 Å². The molecule has 2 nitrogen and oxygen atoms in total. The topological polar surface area (TPSA) is 6.48 Å². The second kappa shape index (κ2) is 5.21. The maximum Gasteiger partial charge on any atom is 0.0498 e. The molecule has 0 fully saturated rings. The quantitative estimate of drug-likeness (QED) is 0.484. The van der Waals surface area contributed by atoms with Gasteiger partial charge in [-0.05, 0) is 21.1 Å². The summed E-state index contributed by atoms with van der Waals surface area (Å²) in [5, 5.41) is 1.05. The van der Waals surface area contributed by atoms with Gasteiger partial charge in [-0.15, -0.1) is 0 Å². The Bertz CT molecular complexity index is 66.1. The van der Waals surface area contributed by atoms with Gasteiger partial charge in [0.1, 0.15) is 0 Å². The van der Waals surface area contributed by atoms with Crippen molar-refractivity contribution in [2.24, 2.45) is 0 Å². The molecule has 0 aliphatic carbocycles. The number of rotatable bonds is 4. The zero-order chi connectivity index (χ0) is 7.28. The highest BCUT2D eigenvalue weighted by Gasteiger charge is 1.95. The summed E-state index contributed by atoms with van der Waals surface area (Å²) in [6.07, 6.45) is 0. The Morgan fingerprint density at radius 1 is 1.22 bits per heavy atom. The van der Waals surface area contributed by atoms with Crippen LogP contribution in [0, 0.1) is 0 Å². The maximum absolute atomic E-state index is 3.38. The second-order valence-corrected chi connectivity index (χ2v) is 3.28. The normalized spacial score (nSPS) is 11.3. The molecule has 0 aliphatic rings. The van der Waals surface area contributed by atoms with E-state index >= 15 is 0 Å². The van der Waals surface area contributed by atoms with Gasteiger partial charge in [0, 0.05) is 18.5 Å². The summed E-state index contributed by atoms with van der Waals surface area (Å²) in [4.78, 5) is 4.41. The molecule has 56 valence electrons. The molecule has 0 bridgehead atoms. The summed E-state index contributed by atoms with van der Waals surface area (Å²) in [6, 6.07) is 0. The van der Waals surface area contributed by atoms with Gasteiger partial charge in [-0.25, -0.2) is 0 Å². The lowest BCUT2D eigenvalue weighted by atomic mass is 10.6. The molecular weight excluding hydrogens is 180 g/mol. The molecule has 0 aromatic rings. The fourth-order valence-electron chi connectivity index (χ4n) is 0.698. The predicted octanol–water partition coefficient (Wildman–Crippen LogP) is 0.832. The summed E-state index contributed by atoms with van der Waals surface area (Å²) in [5.74, 6) is 0. The van der Waals surface area contributed by atoms with Crippen molar-refractivity contribution in [2.45, 2.75) is 0 Å². The van der Waals surface area contributed by atoms with Gasteiger partial charge in [-0.2, -0.15) is 0 Å². The van der Waals surface area contributed by atoms with Crippen molar-refractivity contribution in [2.75, 3.05) is 39.7 Å². The van der Waals surface area contributed by atoms with E-state index in [0.29, 0.717) is 0 Å². The van der Waals surface area contributed by atoms with Gasteiger partial charge in [0.05, 0.1) is 0 Å². The highest BCUT2D eigenvalue weighted by atomic mass is 79.9. The number of hydrogen-bond donors (Lipinski definition) is 0. The van der Waals surface area contributed by atoms with E-state index in [1.807, 2.05) is 0 Å². The zero-order valence-corrected chi connectivity index (χ0v) is 7.98. The van der Waals surface area contributed by atoms with Crippen molar-refractivity contribution in [3.05, 3.63) is 0 Å². The zero-order valence-electron chi connectivity index (χ0n) is 6.39. The van der Waals surface area contributed by atoms with Crippen LogP contribution in [0.1, 0.15) is 0 Å². The van der Waals surface area contributed by atoms with Crippen molar-refractivity contribution in [3.63, 3.8) is 0 Å². The van der Waals surface area contributed by atoms with Crippen molar-refractivity contribution >= 4 is 15.9 Å². The Kier molecular flexibility index (Phi) is 5.44. The van der Waals surface area contributed by atoms with Crippen molar-refractivity contribution in [3.8, 4) is 0 Å². The number of halogens is 1. The largest absolute Gasteiger partial charge is 0.297 e. The van der Waals surface area contributed by atoms with E-state index in [1.165, 1.54) is 0 Å². The van der Waals surface area contributed by atoms with E-state index in [4.69, 9.17) is 0 Å². The van der Waals surface area contributed by atoms with Gasteiger partial charge in [0.2, 0.25) is 0 Å². The SMILES string of the molecule is CN(C)CN(C)CCBr. The predicted molar refractivity (Wildman–Crippen MR) is 45.0 cm³/mol. The van der Waals surface area contributed by atoms with Gasteiger partial charge in [0.25, 0.3) is 0 Å². The Balaban J connectivity index is 3.15. The van der Waals surface area contributed by atoms with Crippen LogP contribution in [0.4, 0.5) is 0 Å². The first kappa shape index (κ1) is 9.40. The number of nitrogens with zero attached hydrogens (tertiary/aromatic N) is 2. The summed E-state index contributed by atoms with van der Waals surface area (Å²) < 4.78 is 0. The molecule has 0 saturated heterocycles. The molecule has 0 aromatic carbocycles. The molecule has 0 atom stereocenters. The second-order valence-electron chi connectivity index (χ2n) is 2.49. The fraction of sp³-hybridized carbons (Fsp3) is 1.00. The smallest absolute Gasteiger partial charge is 0.0498 e. The molecule has 0 N–H and O–H groups in total. The molecule has 0 aromatic heterocycles. The molecule has 9 heavy (non-hydrogen) atoms. The van der Waals surface area contributed by atoms with Crippen LogP contribution in [0.3, 0.4) is 0 Å². The van der Waals surface area contributed by atoms with Gasteiger partial charge < -0.3 is 0 Å². The van der Waals surface area contributed by atoms with E-state index in [-0.39, 0.29) is 0 Å². The molecule has 0 amide bonds. The molecular formula is C6H15BrN2. The summed E-state index contributed by atoms with van der Waals surface area (Å²) in [6.45, 7) is 2.14. The van der Waals surface area contributed by atoms with Gasteiger partial charge in [-0.3, -0.25) is 9.80 Å². The Hall–Kier alpha value is 0.400. The standard InChI is InChI=1S/C6H15BrN2/c1-8(2)6-9(3)5-4-7/h4-6H2,1-3H3. The monoisotopic (exact) mass is 194 g/mol.